The van der Waals surface area contributed by atoms with Crippen molar-refractivity contribution in [3.8, 4) is 11.3 Å². The maximum Gasteiger partial charge on any atom is 0.307 e. The maximum absolute atomic E-state index is 12.7. The number of amides is 1. The SMILES string of the molecule is CC1=C(C)C[C@@H](C(=O)Nc2nc(-c3ccc(Cl)cc3)cs2)[C@@H](C(=O)O)C1. The molecule has 1 aromatic heterocycles. The average molecular weight is 391 g/mol. The molecule has 2 N–H and O–H groups in total. The van der Waals surface area contributed by atoms with Crippen LogP contribution in [0.2, 0.25) is 5.02 Å². The molecule has 0 saturated carbocycles. The third-order valence-electron chi connectivity index (χ3n) is 4.79. The molecule has 1 aromatic carbocycles. The van der Waals surface area contributed by atoms with Gasteiger partial charge in [0, 0.05) is 16.0 Å². The molecule has 2 aromatic rings. The molecular formula is C19H19ClN2O3S. The summed E-state index contributed by atoms with van der Waals surface area (Å²) in [5, 5.41) is 15.2. The van der Waals surface area contributed by atoms with Crippen molar-refractivity contribution in [2.24, 2.45) is 11.8 Å². The lowest BCUT2D eigenvalue weighted by molar-refractivity contribution is -0.146. The van der Waals surface area contributed by atoms with Gasteiger partial charge in [0.25, 0.3) is 0 Å². The van der Waals surface area contributed by atoms with Crippen LogP contribution in [0.15, 0.2) is 40.8 Å². The summed E-state index contributed by atoms with van der Waals surface area (Å²) in [7, 11) is 0. The predicted molar refractivity (Wildman–Crippen MR) is 103 cm³/mol. The minimum absolute atomic E-state index is 0.291. The number of aliphatic carboxylic acids is 1. The molecule has 26 heavy (non-hydrogen) atoms. The van der Waals surface area contributed by atoms with Crippen LogP contribution in [0.5, 0.6) is 0 Å². The van der Waals surface area contributed by atoms with E-state index in [1.54, 1.807) is 12.1 Å². The van der Waals surface area contributed by atoms with E-state index in [4.69, 9.17) is 11.6 Å². The van der Waals surface area contributed by atoms with Crippen molar-refractivity contribution in [2.75, 3.05) is 5.32 Å². The van der Waals surface area contributed by atoms with Gasteiger partial charge in [-0.05, 0) is 38.8 Å². The van der Waals surface area contributed by atoms with Gasteiger partial charge >= 0.3 is 5.97 Å². The Morgan fingerprint density at radius 3 is 2.38 bits per heavy atom. The third kappa shape index (κ3) is 3.97. The smallest absolute Gasteiger partial charge is 0.307 e. The number of hydrogen-bond donors (Lipinski definition) is 2. The van der Waals surface area contributed by atoms with Crippen molar-refractivity contribution >= 4 is 39.9 Å². The molecule has 0 radical (unpaired) electrons. The van der Waals surface area contributed by atoms with Gasteiger partial charge in [-0.2, -0.15) is 0 Å². The fourth-order valence-electron chi connectivity index (χ4n) is 3.11. The molecule has 3 rings (SSSR count). The van der Waals surface area contributed by atoms with Gasteiger partial charge in [0.15, 0.2) is 5.13 Å². The molecule has 1 aliphatic rings. The fraction of sp³-hybridized carbons (Fsp3) is 0.316. The van der Waals surface area contributed by atoms with E-state index in [-0.39, 0.29) is 5.91 Å². The first kappa shape index (κ1) is 18.6. The highest BCUT2D eigenvalue weighted by Gasteiger charge is 2.37. The predicted octanol–water partition coefficient (Wildman–Crippen LogP) is 4.85. The summed E-state index contributed by atoms with van der Waals surface area (Å²) in [6.07, 6.45) is 0.872. The van der Waals surface area contributed by atoms with Gasteiger partial charge in [-0.25, -0.2) is 4.98 Å². The maximum atomic E-state index is 12.7. The Morgan fingerprint density at radius 2 is 1.77 bits per heavy atom. The van der Waals surface area contributed by atoms with Gasteiger partial charge in [-0.15, -0.1) is 11.3 Å². The summed E-state index contributed by atoms with van der Waals surface area (Å²) >= 11 is 7.21. The van der Waals surface area contributed by atoms with Crippen LogP contribution < -0.4 is 5.32 Å². The molecule has 1 aliphatic carbocycles. The summed E-state index contributed by atoms with van der Waals surface area (Å²) in [6, 6.07) is 7.29. The molecule has 0 saturated heterocycles. The van der Waals surface area contributed by atoms with Crippen molar-refractivity contribution in [1.82, 2.24) is 4.98 Å². The van der Waals surface area contributed by atoms with Crippen LogP contribution in [0.1, 0.15) is 26.7 Å². The molecule has 0 unspecified atom stereocenters. The van der Waals surface area contributed by atoms with Gasteiger partial charge in [-0.1, -0.05) is 34.9 Å². The number of nitrogens with one attached hydrogen (secondary N) is 1. The highest BCUT2D eigenvalue weighted by molar-refractivity contribution is 7.14. The second kappa shape index (κ2) is 7.60. The Morgan fingerprint density at radius 1 is 1.15 bits per heavy atom. The molecule has 0 aliphatic heterocycles. The minimum atomic E-state index is -0.932. The number of rotatable bonds is 4. The Balaban J connectivity index is 1.75. The van der Waals surface area contributed by atoms with E-state index >= 15 is 0 Å². The summed E-state index contributed by atoms with van der Waals surface area (Å²) in [5.41, 5.74) is 3.79. The van der Waals surface area contributed by atoms with Crippen LogP contribution in [0.4, 0.5) is 5.13 Å². The number of thiazole rings is 1. The lowest BCUT2D eigenvalue weighted by Gasteiger charge is -2.29. The van der Waals surface area contributed by atoms with Crippen molar-refractivity contribution < 1.29 is 14.7 Å². The number of benzene rings is 1. The number of nitrogens with zero attached hydrogens (tertiary/aromatic N) is 1. The van der Waals surface area contributed by atoms with Crippen LogP contribution in [-0.4, -0.2) is 22.0 Å². The molecule has 0 bridgehead atoms. The van der Waals surface area contributed by atoms with Crippen LogP contribution in [0, 0.1) is 11.8 Å². The molecule has 1 amide bonds. The summed E-state index contributed by atoms with van der Waals surface area (Å²) < 4.78 is 0. The number of aromatic nitrogens is 1. The zero-order valence-corrected chi connectivity index (χ0v) is 16.0. The molecule has 0 fully saturated rings. The van der Waals surface area contributed by atoms with E-state index in [0.29, 0.717) is 23.0 Å². The van der Waals surface area contributed by atoms with Gasteiger partial charge in [-0.3, -0.25) is 9.59 Å². The van der Waals surface area contributed by atoms with Gasteiger partial charge in [0.1, 0.15) is 0 Å². The number of carboxylic acids is 1. The monoisotopic (exact) mass is 390 g/mol. The summed E-state index contributed by atoms with van der Waals surface area (Å²) in [4.78, 5) is 28.7. The van der Waals surface area contributed by atoms with E-state index in [9.17, 15) is 14.7 Å². The second-order valence-electron chi connectivity index (χ2n) is 6.55. The molecule has 5 nitrogen and oxygen atoms in total. The largest absolute Gasteiger partial charge is 0.481 e. The van der Waals surface area contributed by atoms with Crippen LogP contribution in [-0.2, 0) is 9.59 Å². The molecule has 7 heteroatoms. The Hall–Kier alpha value is -2.18. The number of anilines is 1. The van der Waals surface area contributed by atoms with Gasteiger partial charge < -0.3 is 10.4 Å². The topological polar surface area (TPSA) is 79.3 Å². The van der Waals surface area contributed by atoms with Crippen LogP contribution in [0.25, 0.3) is 11.3 Å². The Labute approximate surface area is 160 Å². The second-order valence-corrected chi connectivity index (χ2v) is 7.85. The first-order chi connectivity index (χ1) is 12.3. The molecule has 136 valence electrons. The molecule has 1 heterocycles. The summed E-state index contributed by atoms with van der Waals surface area (Å²) in [6.45, 7) is 3.88. The zero-order valence-electron chi connectivity index (χ0n) is 14.5. The fourth-order valence-corrected chi connectivity index (χ4v) is 3.96. The van der Waals surface area contributed by atoms with Gasteiger partial charge in [0.2, 0.25) is 5.91 Å². The molecule has 2 atom stereocenters. The van der Waals surface area contributed by atoms with Crippen molar-refractivity contribution in [3.63, 3.8) is 0 Å². The van der Waals surface area contributed by atoms with Crippen molar-refractivity contribution in [3.05, 3.63) is 45.8 Å². The van der Waals surface area contributed by atoms with E-state index in [1.807, 2.05) is 31.4 Å². The highest BCUT2D eigenvalue weighted by Crippen LogP contribution is 2.35. The number of halogens is 1. The van der Waals surface area contributed by atoms with E-state index < -0.39 is 17.8 Å². The Kier molecular flexibility index (Phi) is 5.44. The van der Waals surface area contributed by atoms with Crippen LogP contribution >= 0.6 is 22.9 Å². The van der Waals surface area contributed by atoms with E-state index in [1.165, 1.54) is 11.3 Å². The lowest BCUT2D eigenvalue weighted by atomic mass is 9.76. The number of carbonyl (C=O) groups excluding carboxylic acids is 1. The van der Waals surface area contributed by atoms with Crippen molar-refractivity contribution in [2.45, 2.75) is 26.7 Å². The minimum Gasteiger partial charge on any atom is -0.481 e. The zero-order chi connectivity index (χ0) is 18.8. The number of carbonyl (C=O) groups is 2. The normalized spacial score (nSPS) is 20.1. The highest BCUT2D eigenvalue weighted by atomic mass is 35.5. The van der Waals surface area contributed by atoms with Crippen molar-refractivity contribution in [1.29, 1.82) is 0 Å². The number of carboxylic acid groups (broad SMARTS) is 1. The van der Waals surface area contributed by atoms with Crippen LogP contribution in [0.3, 0.4) is 0 Å². The molecule has 0 spiro atoms. The first-order valence-corrected chi connectivity index (χ1v) is 9.51. The van der Waals surface area contributed by atoms with E-state index in [0.717, 1.165) is 22.4 Å². The first-order valence-electron chi connectivity index (χ1n) is 8.25. The van der Waals surface area contributed by atoms with E-state index in [2.05, 4.69) is 10.3 Å². The summed E-state index contributed by atoms with van der Waals surface area (Å²) in [5.74, 6) is -2.51. The quantitative estimate of drug-likeness (QED) is 0.731. The third-order valence-corrected chi connectivity index (χ3v) is 5.80. The number of allylic oxidation sites excluding steroid dienone is 2. The molecular weight excluding hydrogens is 372 g/mol. The van der Waals surface area contributed by atoms with Gasteiger partial charge in [0.05, 0.1) is 17.5 Å². The lowest BCUT2D eigenvalue weighted by Crippen LogP contribution is -2.36. The number of hydrogen-bond acceptors (Lipinski definition) is 4. The standard InChI is InChI=1S/C19H19ClN2O3S/c1-10-7-14(15(18(24)25)8-11(10)2)17(23)22-19-21-16(9-26-19)12-3-5-13(20)6-4-12/h3-6,9,14-15H,7-8H2,1-2H3,(H,24,25)(H,21,22,23)/t14-,15+/m1/s1. The Bertz CT molecular complexity index is 873. The average Bonchev–Trinajstić information content (AvgIpc) is 3.05.